The lowest BCUT2D eigenvalue weighted by molar-refractivity contribution is 0.0926. The molecule has 0 atom stereocenters. The van der Waals surface area contributed by atoms with E-state index in [4.69, 9.17) is 11.6 Å². The Balaban J connectivity index is 1.77. The maximum absolute atomic E-state index is 13.2. The molecule has 1 aliphatic heterocycles. The van der Waals surface area contributed by atoms with Crippen LogP contribution in [0.1, 0.15) is 20.7 Å². The van der Waals surface area contributed by atoms with Crippen molar-refractivity contribution >= 4 is 40.1 Å². The number of aromatic nitrogens is 3. The minimum absolute atomic E-state index is 0.242. The number of fused-ring (bicyclic) bond motifs is 3. The van der Waals surface area contributed by atoms with Crippen LogP contribution in [0.25, 0.3) is 22.3 Å². The molecule has 0 unspecified atom stereocenters. The molecule has 0 fully saturated rings. The first-order valence-electron chi connectivity index (χ1n) is 8.22. The molecule has 0 bridgehead atoms. The molecule has 2 amide bonds. The zero-order chi connectivity index (χ0) is 18.5. The van der Waals surface area contributed by atoms with Gasteiger partial charge in [0.25, 0.3) is 11.8 Å². The summed E-state index contributed by atoms with van der Waals surface area (Å²) in [5.74, 6) is -0.883. The van der Waals surface area contributed by atoms with Gasteiger partial charge < -0.3 is 0 Å². The first-order chi connectivity index (χ1) is 13.2. The summed E-state index contributed by atoms with van der Waals surface area (Å²) in [6.45, 7) is 0. The van der Waals surface area contributed by atoms with Gasteiger partial charge >= 0.3 is 0 Å². The van der Waals surface area contributed by atoms with E-state index in [2.05, 4.69) is 15.2 Å². The Hall–Kier alpha value is -3.51. The number of hydrogen-bond acceptors (Lipinski definition) is 4. The van der Waals surface area contributed by atoms with E-state index in [1.165, 1.54) is 6.20 Å². The van der Waals surface area contributed by atoms with Crippen molar-refractivity contribution < 1.29 is 9.59 Å². The summed E-state index contributed by atoms with van der Waals surface area (Å²) in [5, 5.41) is 8.00. The Morgan fingerprint density at radius 3 is 2.44 bits per heavy atom. The van der Waals surface area contributed by atoms with E-state index in [0.717, 1.165) is 10.5 Å². The SMILES string of the molecule is O=C1c2cnc3n[nH]c(-c4ccccc4)c3c2C(=O)N1c1ccccc1Cl. The number of nitrogens with zero attached hydrogens (tertiary/aromatic N) is 3. The molecule has 1 N–H and O–H groups in total. The summed E-state index contributed by atoms with van der Waals surface area (Å²) < 4.78 is 0. The zero-order valence-corrected chi connectivity index (χ0v) is 14.6. The molecule has 5 rings (SSSR count). The number of benzene rings is 2. The van der Waals surface area contributed by atoms with E-state index in [0.29, 0.717) is 27.4 Å². The van der Waals surface area contributed by atoms with Crippen molar-refractivity contribution in [2.45, 2.75) is 0 Å². The van der Waals surface area contributed by atoms with Gasteiger partial charge in [0.15, 0.2) is 5.65 Å². The lowest BCUT2D eigenvalue weighted by Gasteiger charge is -2.15. The van der Waals surface area contributed by atoms with Gasteiger partial charge in [0.1, 0.15) is 0 Å². The third-order valence-electron chi connectivity index (χ3n) is 4.59. The maximum Gasteiger partial charge on any atom is 0.267 e. The van der Waals surface area contributed by atoms with Crippen LogP contribution in [0.4, 0.5) is 5.69 Å². The highest BCUT2D eigenvalue weighted by Gasteiger charge is 2.40. The molecule has 0 spiro atoms. The van der Waals surface area contributed by atoms with Gasteiger partial charge in [0.2, 0.25) is 0 Å². The molecule has 130 valence electrons. The number of rotatable bonds is 2. The van der Waals surface area contributed by atoms with Crippen LogP contribution in [0.15, 0.2) is 60.8 Å². The molecule has 1 aliphatic rings. The van der Waals surface area contributed by atoms with Crippen LogP contribution in [0.3, 0.4) is 0 Å². The molecule has 27 heavy (non-hydrogen) atoms. The van der Waals surface area contributed by atoms with E-state index in [9.17, 15) is 9.59 Å². The summed E-state index contributed by atoms with van der Waals surface area (Å²) in [4.78, 5) is 31.5. The summed E-state index contributed by atoms with van der Waals surface area (Å²) in [6.07, 6.45) is 1.39. The molecule has 0 saturated heterocycles. The minimum Gasteiger partial charge on any atom is -0.275 e. The van der Waals surface area contributed by atoms with Crippen molar-refractivity contribution in [2.75, 3.05) is 4.90 Å². The highest BCUT2D eigenvalue weighted by atomic mass is 35.5. The van der Waals surface area contributed by atoms with E-state index in [1.807, 2.05) is 30.3 Å². The smallest absolute Gasteiger partial charge is 0.267 e. The number of halogens is 1. The fourth-order valence-electron chi connectivity index (χ4n) is 3.36. The van der Waals surface area contributed by atoms with Crippen molar-refractivity contribution in [3.05, 3.63) is 76.9 Å². The number of amides is 2. The second-order valence-electron chi connectivity index (χ2n) is 6.11. The van der Waals surface area contributed by atoms with Gasteiger partial charge in [-0.25, -0.2) is 9.88 Å². The van der Waals surface area contributed by atoms with Gasteiger partial charge in [-0.15, -0.1) is 0 Å². The van der Waals surface area contributed by atoms with Crippen LogP contribution in [-0.2, 0) is 0 Å². The average Bonchev–Trinajstić information content (AvgIpc) is 3.23. The topological polar surface area (TPSA) is 79.0 Å². The Labute approximate surface area is 158 Å². The zero-order valence-electron chi connectivity index (χ0n) is 13.8. The molecule has 6 nitrogen and oxygen atoms in total. The van der Waals surface area contributed by atoms with E-state index >= 15 is 0 Å². The molecular formula is C20H11ClN4O2. The van der Waals surface area contributed by atoms with Gasteiger partial charge in [-0.1, -0.05) is 54.1 Å². The quantitative estimate of drug-likeness (QED) is 0.536. The molecule has 0 aliphatic carbocycles. The predicted molar refractivity (Wildman–Crippen MR) is 102 cm³/mol. The Morgan fingerprint density at radius 2 is 1.67 bits per heavy atom. The standard InChI is InChI=1S/C20H11ClN4O2/c21-13-8-4-5-9-14(13)25-19(26)12-10-22-18-16(15(12)20(25)27)17(23-24-18)11-6-2-1-3-7-11/h1-10H,(H,22,23,24). The van der Waals surface area contributed by atoms with Crippen LogP contribution >= 0.6 is 11.6 Å². The number of pyridine rings is 1. The predicted octanol–water partition coefficient (Wildman–Crippen LogP) is 4.08. The first-order valence-corrected chi connectivity index (χ1v) is 8.60. The van der Waals surface area contributed by atoms with E-state index in [-0.39, 0.29) is 11.1 Å². The molecule has 0 saturated carbocycles. The van der Waals surface area contributed by atoms with Gasteiger partial charge in [-0.3, -0.25) is 14.7 Å². The van der Waals surface area contributed by atoms with Crippen molar-refractivity contribution in [3.8, 4) is 11.3 Å². The van der Waals surface area contributed by atoms with Gasteiger partial charge in [-0.2, -0.15) is 5.10 Å². The van der Waals surface area contributed by atoms with Crippen LogP contribution in [0.2, 0.25) is 5.02 Å². The number of carbonyl (C=O) groups excluding carboxylic acids is 2. The second-order valence-corrected chi connectivity index (χ2v) is 6.51. The number of para-hydroxylation sites is 1. The van der Waals surface area contributed by atoms with Crippen molar-refractivity contribution in [2.24, 2.45) is 0 Å². The fourth-order valence-corrected chi connectivity index (χ4v) is 3.58. The number of aromatic amines is 1. The van der Waals surface area contributed by atoms with Crippen molar-refractivity contribution in [3.63, 3.8) is 0 Å². The summed E-state index contributed by atoms with van der Waals surface area (Å²) >= 11 is 6.22. The lowest BCUT2D eigenvalue weighted by Crippen LogP contribution is -2.29. The fraction of sp³-hybridized carbons (Fsp3) is 0. The third-order valence-corrected chi connectivity index (χ3v) is 4.91. The van der Waals surface area contributed by atoms with Crippen LogP contribution < -0.4 is 4.90 Å². The van der Waals surface area contributed by atoms with Crippen molar-refractivity contribution in [1.82, 2.24) is 15.2 Å². The van der Waals surface area contributed by atoms with Crippen LogP contribution in [0, 0.1) is 0 Å². The number of imide groups is 1. The summed E-state index contributed by atoms with van der Waals surface area (Å²) in [5.41, 5.74) is 2.77. The number of anilines is 1. The molecule has 3 heterocycles. The first kappa shape index (κ1) is 15.7. The van der Waals surface area contributed by atoms with Gasteiger partial charge in [0, 0.05) is 11.8 Å². The highest BCUT2D eigenvalue weighted by Crippen LogP contribution is 2.38. The van der Waals surface area contributed by atoms with Crippen LogP contribution in [0.5, 0.6) is 0 Å². The average molecular weight is 375 g/mol. The Morgan fingerprint density at radius 1 is 0.926 bits per heavy atom. The van der Waals surface area contributed by atoms with E-state index in [1.54, 1.807) is 24.3 Å². The normalized spacial score (nSPS) is 13.4. The number of nitrogens with one attached hydrogen (secondary N) is 1. The van der Waals surface area contributed by atoms with Crippen molar-refractivity contribution in [1.29, 1.82) is 0 Å². The maximum atomic E-state index is 13.2. The molecule has 4 aromatic rings. The molecule has 0 radical (unpaired) electrons. The highest BCUT2D eigenvalue weighted by molar-refractivity contribution is 6.41. The largest absolute Gasteiger partial charge is 0.275 e. The second kappa shape index (κ2) is 5.75. The van der Waals surface area contributed by atoms with Crippen LogP contribution in [-0.4, -0.2) is 27.0 Å². The summed E-state index contributed by atoms with van der Waals surface area (Å²) in [6, 6.07) is 16.2. The monoisotopic (exact) mass is 374 g/mol. The Kier molecular flexibility index (Phi) is 3.35. The Bertz CT molecular complexity index is 1230. The lowest BCUT2D eigenvalue weighted by atomic mass is 10.0. The molecular weight excluding hydrogens is 364 g/mol. The van der Waals surface area contributed by atoms with E-state index < -0.39 is 11.8 Å². The minimum atomic E-state index is -0.447. The number of hydrogen-bond donors (Lipinski definition) is 1. The third kappa shape index (κ3) is 2.20. The summed E-state index contributed by atoms with van der Waals surface area (Å²) in [7, 11) is 0. The molecule has 2 aromatic heterocycles. The van der Waals surface area contributed by atoms with Gasteiger partial charge in [-0.05, 0) is 12.1 Å². The number of carbonyl (C=O) groups is 2. The number of H-pyrrole nitrogens is 1. The molecule has 7 heteroatoms. The van der Waals surface area contributed by atoms with Gasteiger partial charge in [0.05, 0.1) is 32.9 Å². The molecule has 2 aromatic carbocycles.